The van der Waals surface area contributed by atoms with Crippen LogP contribution in [0.2, 0.25) is 0 Å². The summed E-state index contributed by atoms with van der Waals surface area (Å²) >= 11 is 0. The van der Waals surface area contributed by atoms with Gasteiger partial charge in [0, 0.05) is 12.1 Å². The number of carbonyl (C=O) groups excluding carboxylic acids is 1. The predicted molar refractivity (Wildman–Crippen MR) is 68.3 cm³/mol. The molecular formula is C12H27N3O. The second kappa shape index (κ2) is 5.64. The van der Waals surface area contributed by atoms with Crippen molar-refractivity contribution in [3.05, 3.63) is 0 Å². The molecule has 0 aromatic heterocycles. The summed E-state index contributed by atoms with van der Waals surface area (Å²) in [4.78, 5) is 13.6. The number of primary amides is 1. The maximum atomic E-state index is 11.3. The number of likely N-dealkylation sites (N-methyl/N-ethyl adjacent to an activating group) is 1. The van der Waals surface area contributed by atoms with Gasteiger partial charge in [-0.25, -0.2) is 0 Å². The predicted octanol–water partition coefficient (Wildman–Crippen LogP) is 0.960. The number of hydrogen-bond donors (Lipinski definition) is 2. The quantitative estimate of drug-likeness (QED) is 0.683. The second-order valence-electron chi connectivity index (χ2n) is 5.28. The van der Waals surface area contributed by atoms with Crippen molar-refractivity contribution < 1.29 is 4.79 Å². The Labute approximate surface area is 99.6 Å². The van der Waals surface area contributed by atoms with E-state index in [-0.39, 0.29) is 11.4 Å². The standard InChI is InChI=1S/C12H27N3O/c1-7-11(2,3)15(6)9-8-12(4,14-5)10(13)16/h14H,7-9H2,1-6H3,(H2,13,16). The van der Waals surface area contributed by atoms with Crippen molar-refractivity contribution in [1.82, 2.24) is 10.2 Å². The van der Waals surface area contributed by atoms with Crippen LogP contribution >= 0.6 is 0 Å². The first-order chi connectivity index (χ1) is 7.19. The summed E-state index contributed by atoms with van der Waals surface area (Å²) in [7, 11) is 3.86. The topological polar surface area (TPSA) is 58.4 Å². The van der Waals surface area contributed by atoms with E-state index in [1.165, 1.54) is 0 Å². The van der Waals surface area contributed by atoms with Gasteiger partial charge in [0.15, 0.2) is 0 Å². The van der Waals surface area contributed by atoms with Crippen LogP contribution in [0.15, 0.2) is 0 Å². The van der Waals surface area contributed by atoms with E-state index in [2.05, 4.69) is 38.0 Å². The molecule has 0 radical (unpaired) electrons. The van der Waals surface area contributed by atoms with E-state index < -0.39 is 5.54 Å². The van der Waals surface area contributed by atoms with Crippen LogP contribution < -0.4 is 11.1 Å². The molecule has 96 valence electrons. The lowest BCUT2D eigenvalue weighted by atomic mass is 9.94. The molecule has 0 spiro atoms. The molecule has 0 aliphatic heterocycles. The second-order valence-corrected chi connectivity index (χ2v) is 5.28. The molecule has 0 saturated heterocycles. The van der Waals surface area contributed by atoms with Crippen molar-refractivity contribution in [3.8, 4) is 0 Å². The van der Waals surface area contributed by atoms with Gasteiger partial charge in [0.2, 0.25) is 5.91 Å². The van der Waals surface area contributed by atoms with Gasteiger partial charge in [0.1, 0.15) is 0 Å². The van der Waals surface area contributed by atoms with Gasteiger partial charge in [-0.2, -0.15) is 0 Å². The molecule has 0 aliphatic carbocycles. The minimum absolute atomic E-state index is 0.159. The number of nitrogens with one attached hydrogen (secondary N) is 1. The first-order valence-corrected chi connectivity index (χ1v) is 5.89. The fraction of sp³-hybridized carbons (Fsp3) is 0.917. The Kier molecular flexibility index (Phi) is 5.42. The minimum Gasteiger partial charge on any atom is -0.368 e. The molecule has 4 nitrogen and oxygen atoms in total. The lowest BCUT2D eigenvalue weighted by molar-refractivity contribution is -0.124. The third kappa shape index (κ3) is 3.76. The summed E-state index contributed by atoms with van der Waals surface area (Å²) in [5.74, 6) is -0.294. The maximum Gasteiger partial charge on any atom is 0.237 e. The molecule has 1 unspecified atom stereocenters. The molecular weight excluding hydrogens is 202 g/mol. The first kappa shape index (κ1) is 15.4. The zero-order chi connectivity index (χ0) is 13.0. The Balaban J connectivity index is 4.39. The van der Waals surface area contributed by atoms with Crippen LogP contribution in [0.25, 0.3) is 0 Å². The lowest BCUT2D eigenvalue weighted by Crippen LogP contribution is -2.54. The average molecular weight is 229 g/mol. The van der Waals surface area contributed by atoms with Gasteiger partial charge in [0.05, 0.1) is 5.54 Å². The number of hydrogen-bond acceptors (Lipinski definition) is 3. The van der Waals surface area contributed by atoms with Crippen molar-refractivity contribution in [2.24, 2.45) is 5.73 Å². The highest BCUT2D eigenvalue weighted by molar-refractivity contribution is 5.84. The van der Waals surface area contributed by atoms with Crippen LogP contribution in [-0.4, -0.2) is 42.5 Å². The van der Waals surface area contributed by atoms with Gasteiger partial charge < -0.3 is 16.0 Å². The molecule has 0 heterocycles. The largest absolute Gasteiger partial charge is 0.368 e. The molecule has 1 amide bonds. The summed E-state index contributed by atoms with van der Waals surface area (Å²) in [6, 6.07) is 0. The molecule has 16 heavy (non-hydrogen) atoms. The average Bonchev–Trinajstić information content (AvgIpc) is 2.24. The molecule has 0 aromatic rings. The highest BCUT2D eigenvalue weighted by Gasteiger charge is 2.30. The van der Waals surface area contributed by atoms with Crippen molar-refractivity contribution in [2.45, 2.75) is 51.6 Å². The summed E-state index contributed by atoms with van der Waals surface area (Å²) in [5, 5.41) is 3.00. The van der Waals surface area contributed by atoms with Gasteiger partial charge >= 0.3 is 0 Å². The van der Waals surface area contributed by atoms with E-state index >= 15 is 0 Å². The van der Waals surface area contributed by atoms with Crippen molar-refractivity contribution >= 4 is 5.91 Å². The molecule has 0 saturated carbocycles. The van der Waals surface area contributed by atoms with Crippen molar-refractivity contribution in [3.63, 3.8) is 0 Å². The monoisotopic (exact) mass is 229 g/mol. The van der Waals surface area contributed by atoms with E-state index in [0.29, 0.717) is 0 Å². The van der Waals surface area contributed by atoms with E-state index in [1.807, 2.05) is 6.92 Å². The normalized spacial score (nSPS) is 16.2. The smallest absolute Gasteiger partial charge is 0.237 e. The zero-order valence-electron chi connectivity index (χ0n) is 11.6. The molecule has 0 aliphatic rings. The molecule has 4 heteroatoms. The van der Waals surface area contributed by atoms with Crippen LogP contribution in [0.5, 0.6) is 0 Å². The van der Waals surface area contributed by atoms with E-state index in [4.69, 9.17) is 5.73 Å². The SMILES string of the molecule is CCC(C)(C)N(C)CCC(C)(NC)C(N)=O. The molecule has 0 aromatic carbocycles. The van der Waals surface area contributed by atoms with Crippen molar-refractivity contribution in [1.29, 1.82) is 0 Å². The van der Waals surface area contributed by atoms with Crippen molar-refractivity contribution in [2.75, 3.05) is 20.6 Å². The number of amides is 1. The van der Waals surface area contributed by atoms with Crippen LogP contribution in [-0.2, 0) is 4.79 Å². The summed E-state index contributed by atoms with van der Waals surface area (Å²) in [6.07, 6.45) is 1.80. The van der Waals surface area contributed by atoms with E-state index in [0.717, 1.165) is 19.4 Å². The van der Waals surface area contributed by atoms with Crippen LogP contribution in [0.1, 0.15) is 40.5 Å². The Morgan fingerprint density at radius 3 is 2.19 bits per heavy atom. The minimum atomic E-state index is -0.613. The number of nitrogens with zero attached hydrogens (tertiary/aromatic N) is 1. The highest BCUT2D eigenvalue weighted by atomic mass is 16.1. The van der Waals surface area contributed by atoms with Gasteiger partial charge in [-0.3, -0.25) is 4.79 Å². The maximum absolute atomic E-state index is 11.3. The summed E-state index contributed by atoms with van der Waals surface area (Å²) in [5.41, 5.74) is 4.94. The molecule has 0 fully saturated rings. The van der Waals surface area contributed by atoms with Gasteiger partial charge in [0.25, 0.3) is 0 Å². The highest BCUT2D eigenvalue weighted by Crippen LogP contribution is 2.18. The third-order valence-electron chi connectivity index (χ3n) is 3.94. The molecule has 3 N–H and O–H groups in total. The summed E-state index contributed by atoms with van der Waals surface area (Å²) in [6.45, 7) is 9.27. The van der Waals surface area contributed by atoms with Crippen LogP contribution in [0.4, 0.5) is 0 Å². The third-order valence-corrected chi connectivity index (χ3v) is 3.94. The first-order valence-electron chi connectivity index (χ1n) is 5.89. The molecule has 1 atom stereocenters. The van der Waals surface area contributed by atoms with Gasteiger partial charge in [-0.1, -0.05) is 6.92 Å². The number of carbonyl (C=O) groups is 1. The van der Waals surface area contributed by atoms with E-state index in [9.17, 15) is 4.79 Å². The molecule has 0 bridgehead atoms. The number of rotatable bonds is 7. The Morgan fingerprint density at radius 2 is 1.88 bits per heavy atom. The zero-order valence-corrected chi connectivity index (χ0v) is 11.6. The fourth-order valence-electron chi connectivity index (χ4n) is 1.34. The lowest BCUT2D eigenvalue weighted by Gasteiger charge is -2.37. The summed E-state index contributed by atoms with van der Waals surface area (Å²) < 4.78 is 0. The van der Waals surface area contributed by atoms with Gasteiger partial charge in [-0.15, -0.1) is 0 Å². The van der Waals surface area contributed by atoms with E-state index in [1.54, 1.807) is 7.05 Å². The van der Waals surface area contributed by atoms with Crippen LogP contribution in [0, 0.1) is 0 Å². The molecule has 0 rings (SSSR count). The number of nitrogens with two attached hydrogens (primary N) is 1. The Hall–Kier alpha value is -0.610. The Bertz CT molecular complexity index is 240. The van der Waals surface area contributed by atoms with Crippen LogP contribution in [0.3, 0.4) is 0 Å². The van der Waals surface area contributed by atoms with Gasteiger partial charge in [-0.05, 0) is 47.7 Å². The Morgan fingerprint density at radius 1 is 1.38 bits per heavy atom. The fourth-order valence-corrected chi connectivity index (χ4v) is 1.34.